The van der Waals surface area contributed by atoms with Crippen molar-refractivity contribution in [3.8, 4) is 0 Å². The van der Waals surface area contributed by atoms with Gasteiger partial charge in [-0.25, -0.2) is 4.39 Å². The lowest BCUT2D eigenvalue weighted by Crippen LogP contribution is -2.69. The molecule has 2 N–H and O–H groups in total. The van der Waals surface area contributed by atoms with E-state index in [9.17, 15) is 34.2 Å². The van der Waals surface area contributed by atoms with Crippen LogP contribution in [0.4, 0.5) is 4.39 Å². The van der Waals surface area contributed by atoms with Crippen LogP contribution in [0.15, 0.2) is 23.8 Å². The van der Waals surface area contributed by atoms with Gasteiger partial charge in [-0.2, -0.15) is 0 Å². The third kappa shape index (κ3) is 2.95. The second-order valence-electron chi connectivity index (χ2n) is 10.3. The number of ketones is 2. The maximum atomic E-state index is 17.0. The van der Waals surface area contributed by atoms with Gasteiger partial charge >= 0.3 is 0 Å². The Morgan fingerprint density at radius 2 is 2.00 bits per heavy atom. The highest BCUT2D eigenvalue weighted by Gasteiger charge is 2.75. The zero-order valence-electron chi connectivity index (χ0n) is 18.2. The van der Waals surface area contributed by atoms with Crippen molar-refractivity contribution in [1.82, 2.24) is 0 Å². The van der Waals surface area contributed by atoms with Crippen molar-refractivity contribution < 1.29 is 43.1 Å². The van der Waals surface area contributed by atoms with Gasteiger partial charge in [0, 0.05) is 16.7 Å². The van der Waals surface area contributed by atoms with Gasteiger partial charge in [-0.15, -0.1) is 0 Å². The monoisotopic (exact) mass is 470 g/mol. The number of hydrogen-bond acceptors (Lipinski definition) is 8. The second kappa shape index (κ2) is 7.14. The lowest BCUT2D eigenvalue weighted by Gasteiger charge is -2.62. The summed E-state index contributed by atoms with van der Waals surface area (Å²) in [4.78, 5) is 46.6. The fraction of sp³-hybridized carbons (Fsp3) is 0.727. The number of phosphoric acid groups is 1. The molecule has 0 bridgehead atoms. The van der Waals surface area contributed by atoms with Gasteiger partial charge in [0.15, 0.2) is 17.2 Å². The topological polar surface area (TPSA) is 147 Å². The van der Waals surface area contributed by atoms with Gasteiger partial charge in [0.05, 0.1) is 13.9 Å². The minimum Gasteiger partial charge on any atom is -0.790 e. The molecule has 0 heterocycles. The molecule has 8 nitrogen and oxygen atoms in total. The Kier molecular flexibility index (Phi) is 5.34. The van der Waals surface area contributed by atoms with Crippen molar-refractivity contribution >= 4 is 19.4 Å². The molecule has 0 aliphatic heterocycles. The molecule has 3 saturated carbocycles. The average molecular weight is 470 g/mol. The van der Waals surface area contributed by atoms with E-state index < -0.39 is 66.2 Å². The number of carbonyl (C=O) groups is 2. The molecule has 4 rings (SSSR count). The molecule has 32 heavy (non-hydrogen) atoms. The van der Waals surface area contributed by atoms with E-state index in [2.05, 4.69) is 4.52 Å². The molecule has 0 saturated heterocycles. The van der Waals surface area contributed by atoms with E-state index in [0.717, 1.165) is 0 Å². The highest BCUT2D eigenvalue weighted by molar-refractivity contribution is 7.43. The minimum atomic E-state index is -5.43. The Morgan fingerprint density at radius 3 is 2.62 bits per heavy atom. The van der Waals surface area contributed by atoms with Crippen LogP contribution in [0.5, 0.6) is 0 Å². The number of aliphatic hydroxyl groups excluding tert-OH is 1. The summed E-state index contributed by atoms with van der Waals surface area (Å²) in [5.74, 6) is -3.06. The van der Waals surface area contributed by atoms with Crippen molar-refractivity contribution in [2.75, 3.05) is 6.61 Å². The van der Waals surface area contributed by atoms with Crippen molar-refractivity contribution in [3.05, 3.63) is 23.8 Å². The Morgan fingerprint density at radius 1 is 1.34 bits per heavy atom. The fourth-order valence-electron chi connectivity index (χ4n) is 7.39. The van der Waals surface area contributed by atoms with Gasteiger partial charge in [0.1, 0.15) is 12.2 Å². The Labute approximate surface area is 185 Å². The van der Waals surface area contributed by atoms with Crippen LogP contribution in [0, 0.1) is 28.6 Å². The van der Waals surface area contributed by atoms with E-state index in [4.69, 9.17) is 0 Å². The number of Topliss-reactive ketones (excluding diaryl/α,β-unsaturated/α-hetero) is 1. The molecule has 0 unspecified atom stereocenters. The molecule has 0 aromatic heterocycles. The van der Waals surface area contributed by atoms with Gasteiger partial charge in [0.25, 0.3) is 0 Å². The van der Waals surface area contributed by atoms with E-state index in [1.54, 1.807) is 20.8 Å². The van der Waals surface area contributed by atoms with Gasteiger partial charge < -0.3 is 29.1 Å². The molecule has 4 aliphatic carbocycles. The summed E-state index contributed by atoms with van der Waals surface area (Å²) in [5, 5.41) is 22.8. The normalized spacial score (nSPS) is 48.0. The summed E-state index contributed by atoms with van der Waals surface area (Å²) in [5.41, 5.74) is -6.03. The molecule has 4 aliphatic rings. The zero-order valence-corrected chi connectivity index (χ0v) is 19.1. The van der Waals surface area contributed by atoms with Crippen LogP contribution in [-0.4, -0.2) is 45.8 Å². The third-order valence-corrected chi connectivity index (χ3v) is 9.45. The van der Waals surface area contributed by atoms with E-state index >= 15 is 4.39 Å². The first-order valence-corrected chi connectivity index (χ1v) is 12.3. The first-order valence-electron chi connectivity index (χ1n) is 10.8. The Balaban J connectivity index is 1.74. The first-order chi connectivity index (χ1) is 14.6. The number of rotatable bonds is 4. The number of aliphatic hydroxyl groups is 2. The predicted molar refractivity (Wildman–Crippen MR) is 106 cm³/mol. The van der Waals surface area contributed by atoms with Crippen LogP contribution < -0.4 is 9.79 Å². The lowest BCUT2D eigenvalue weighted by molar-refractivity contribution is -0.341. The molecule has 3 fully saturated rings. The molecule has 0 aromatic rings. The van der Waals surface area contributed by atoms with Gasteiger partial charge in [-0.05, 0) is 56.6 Å². The fourth-order valence-corrected chi connectivity index (χ4v) is 7.66. The molecule has 0 radical (unpaired) electrons. The standard InChI is InChI=1S/C22H30FO8P/c1-12-8-16-15-5-4-13-9-14(24)6-7-19(13,2)21(15,23)17(25)10-20(16,3)22(12,27)18(26)11-31-32(28,29)30/h6-7,9,12,15-17,25,27H,4-5,8,10-11H2,1-3H3,(H2,28,29,30)/p-2/t12-,15+,16+,17-,19+,20+,21+,22+/m1/s1. The summed E-state index contributed by atoms with van der Waals surface area (Å²) in [6.45, 7) is 3.80. The summed E-state index contributed by atoms with van der Waals surface area (Å²) in [6, 6.07) is 0. The molecule has 178 valence electrons. The van der Waals surface area contributed by atoms with Crippen molar-refractivity contribution in [3.63, 3.8) is 0 Å². The zero-order chi connectivity index (χ0) is 23.9. The number of phosphoric ester groups is 1. The van der Waals surface area contributed by atoms with E-state index in [-0.39, 0.29) is 18.6 Å². The molecule has 0 amide bonds. The molecule has 8 atom stereocenters. The molecule has 10 heteroatoms. The van der Waals surface area contributed by atoms with Crippen LogP contribution >= 0.6 is 7.82 Å². The van der Waals surface area contributed by atoms with Gasteiger partial charge in [-0.3, -0.25) is 9.59 Å². The highest BCUT2D eigenvalue weighted by Crippen LogP contribution is 2.70. The Bertz CT molecular complexity index is 973. The van der Waals surface area contributed by atoms with Gasteiger partial charge in [-0.1, -0.05) is 25.5 Å². The SMILES string of the molecule is C[C@@H]1C[C@H]2[C@@H]3CCC4=CC(=O)C=C[C@]4(C)[C@@]3(F)[C@H](O)C[C@]2(C)[C@@]1(O)C(=O)COP(=O)([O-])[O-]. The molecule has 0 aromatic carbocycles. The van der Waals surface area contributed by atoms with Crippen LogP contribution in [0.25, 0.3) is 0 Å². The van der Waals surface area contributed by atoms with Crippen LogP contribution in [-0.2, 0) is 18.7 Å². The maximum Gasteiger partial charge on any atom is 0.191 e. The van der Waals surface area contributed by atoms with E-state index in [1.807, 2.05) is 0 Å². The minimum absolute atomic E-state index is 0.224. The molecular formula is C22H28FO8P-2. The number of carbonyl (C=O) groups excluding carboxylic acids is 2. The van der Waals surface area contributed by atoms with Crippen LogP contribution in [0.2, 0.25) is 0 Å². The number of hydrogen-bond donors (Lipinski definition) is 2. The maximum absolute atomic E-state index is 17.0. The third-order valence-electron chi connectivity index (χ3n) is 9.00. The summed E-state index contributed by atoms with van der Waals surface area (Å²) in [7, 11) is -5.43. The summed E-state index contributed by atoms with van der Waals surface area (Å²) >= 11 is 0. The van der Waals surface area contributed by atoms with E-state index in [0.29, 0.717) is 18.4 Å². The van der Waals surface area contributed by atoms with Crippen LogP contribution in [0.1, 0.15) is 46.5 Å². The second-order valence-corrected chi connectivity index (χ2v) is 11.5. The first kappa shape index (κ1) is 23.9. The van der Waals surface area contributed by atoms with Crippen molar-refractivity contribution in [2.24, 2.45) is 28.6 Å². The summed E-state index contributed by atoms with van der Waals surface area (Å²) in [6.07, 6.45) is 3.54. The van der Waals surface area contributed by atoms with Crippen molar-refractivity contribution in [1.29, 1.82) is 0 Å². The van der Waals surface area contributed by atoms with Crippen molar-refractivity contribution in [2.45, 2.75) is 63.8 Å². The number of halogens is 1. The quantitative estimate of drug-likeness (QED) is 0.572. The largest absolute Gasteiger partial charge is 0.790 e. The predicted octanol–water partition coefficient (Wildman–Crippen LogP) is 0.749. The number of allylic oxidation sites excluding steroid dienone is 4. The Hall–Kier alpha value is -1.22. The van der Waals surface area contributed by atoms with E-state index in [1.165, 1.54) is 18.2 Å². The number of alkyl halides is 1. The lowest BCUT2D eigenvalue weighted by atomic mass is 9.44. The summed E-state index contributed by atoms with van der Waals surface area (Å²) < 4.78 is 32.0. The smallest absolute Gasteiger partial charge is 0.191 e. The number of fused-ring (bicyclic) bond motifs is 5. The molecule has 0 spiro atoms. The van der Waals surface area contributed by atoms with Gasteiger partial charge in [0.2, 0.25) is 0 Å². The molecular weight excluding hydrogens is 442 g/mol. The van der Waals surface area contributed by atoms with Crippen LogP contribution in [0.3, 0.4) is 0 Å². The highest BCUT2D eigenvalue weighted by atomic mass is 31.2. The average Bonchev–Trinajstić information content (AvgIpc) is 2.89.